The highest BCUT2D eigenvalue weighted by atomic mass is 16.5. The molecule has 1 aromatic carbocycles. The Balaban J connectivity index is 1.47. The van der Waals surface area contributed by atoms with Crippen LogP contribution in [0.3, 0.4) is 0 Å². The Bertz CT molecular complexity index is 436. The van der Waals surface area contributed by atoms with E-state index in [1.54, 1.807) is 0 Å². The zero-order valence-electron chi connectivity index (χ0n) is 11.3. The summed E-state index contributed by atoms with van der Waals surface area (Å²) < 4.78 is 6.02. The Morgan fingerprint density at radius 1 is 1.16 bits per heavy atom. The van der Waals surface area contributed by atoms with Crippen molar-refractivity contribution in [2.45, 2.75) is 43.6 Å². The average Bonchev–Trinajstić information content (AvgIpc) is 3.11. The van der Waals surface area contributed by atoms with Gasteiger partial charge in [-0.3, -0.25) is 4.90 Å². The molecule has 2 bridgehead atoms. The lowest BCUT2D eigenvalue weighted by Gasteiger charge is -2.39. The van der Waals surface area contributed by atoms with Crippen molar-refractivity contribution in [2.75, 3.05) is 19.6 Å². The van der Waals surface area contributed by atoms with Crippen molar-refractivity contribution in [3.63, 3.8) is 0 Å². The Morgan fingerprint density at radius 2 is 2.05 bits per heavy atom. The lowest BCUT2D eigenvalue weighted by molar-refractivity contribution is 0.0583. The van der Waals surface area contributed by atoms with Gasteiger partial charge >= 0.3 is 0 Å². The van der Waals surface area contributed by atoms with Crippen molar-refractivity contribution in [2.24, 2.45) is 0 Å². The molecule has 3 aliphatic rings. The van der Waals surface area contributed by atoms with Gasteiger partial charge in [-0.15, -0.1) is 0 Å². The first kappa shape index (κ1) is 11.9. The Hall–Kier alpha value is -0.900. The molecule has 102 valence electrons. The maximum Gasteiger partial charge on any atom is 0.0735 e. The van der Waals surface area contributed by atoms with Crippen molar-refractivity contribution < 1.29 is 4.74 Å². The van der Waals surface area contributed by atoms with Crippen LogP contribution in [-0.2, 0) is 4.74 Å². The third-order valence-corrected chi connectivity index (χ3v) is 4.95. The molecular weight excluding hydrogens is 236 g/mol. The van der Waals surface area contributed by atoms with E-state index >= 15 is 0 Å². The second-order valence-corrected chi connectivity index (χ2v) is 6.09. The fourth-order valence-corrected chi connectivity index (χ4v) is 3.98. The molecule has 0 radical (unpaired) electrons. The summed E-state index contributed by atoms with van der Waals surface area (Å²) >= 11 is 0. The van der Waals surface area contributed by atoms with Crippen LogP contribution in [0.2, 0.25) is 0 Å². The molecule has 3 fully saturated rings. The zero-order valence-corrected chi connectivity index (χ0v) is 11.3. The SMILES string of the molecule is c1ccc(C2CN(C3CC4CCC3O4)CCN2)cc1. The first-order valence-electron chi connectivity index (χ1n) is 7.58. The molecule has 0 saturated carbocycles. The predicted octanol–water partition coefficient (Wildman–Crippen LogP) is 1.95. The summed E-state index contributed by atoms with van der Waals surface area (Å²) in [6, 6.07) is 12.0. The molecule has 4 unspecified atom stereocenters. The number of nitrogens with zero attached hydrogens (tertiary/aromatic N) is 1. The molecule has 3 heterocycles. The van der Waals surface area contributed by atoms with Gasteiger partial charge in [-0.25, -0.2) is 0 Å². The minimum atomic E-state index is 0.481. The number of piperazine rings is 1. The van der Waals surface area contributed by atoms with Gasteiger partial charge in [-0.05, 0) is 24.8 Å². The lowest BCUT2D eigenvalue weighted by Crippen LogP contribution is -2.52. The quantitative estimate of drug-likeness (QED) is 0.877. The van der Waals surface area contributed by atoms with E-state index in [1.165, 1.54) is 31.4 Å². The first-order chi connectivity index (χ1) is 9.40. The number of ether oxygens (including phenoxy) is 1. The summed E-state index contributed by atoms with van der Waals surface area (Å²) in [5.74, 6) is 0. The van der Waals surface area contributed by atoms with Crippen molar-refractivity contribution in [3.8, 4) is 0 Å². The number of rotatable bonds is 2. The summed E-state index contributed by atoms with van der Waals surface area (Å²) in [7, 11) is 0. The Kier molecular flexibility index (Phi) is 3.06. The van der Waals surface area contributed by atoms with Gasteiger partial charge in [0.25, 0.3) is 0 Å². The molecule has 19 heavy (non-hydrogen) atoms. The molecule has 4 atom stereocenters. The fourth-order valence-electron chi connectivity index (χ4n) is 3.98. The third kappa shape index (κ3) is 2.20. The van der Waals surface area contributed by atoms with Gasteiger partial charge < -0.3 is 10.1 Å². The molecule has 1 N–H and O–H groups in total. The van der Waals surface area contributed by atoms with Crippen molar-refractivity contribution >= 4 is 0 Å². The maximum atomic E-state index is 6.02. The van der Waals surface area contributed by atoms with Crippen molar-refractivity contribution in [1.29, 1.82) is 0 Å². The van der Waals surface area contributed by atoms with E-state index in [-0.39, 0.29) is 0 Å². The topological polar surface area (TPSA) is 24.5 Å². The van der Waals surface area contributed by atoms with Gasteiger partial charge in [0.1, 0.15) is 0 Å². The molecule has 0 spiro atoms. The van der Waals surface area contributed by atoms with Crippen molar-refractivity contribution in [3.05, 3.63) is 35.9 Å². The molecule has 3 aliphatic heterocycles. The first-order valence-corrected chi connectivity index (χ1v) is 7.58. The van der Waals surface area contributed by atoms with E-state index in [2.05, 4.69) is 40.5 Å². The van der Waals surface area contributed by atoms with E-state index in [0.717, 1.165) is 13.1 Å². The van der Waals surface area contributed by atoms with Gasteiger partial charge in [-0.1, -0.05) is 30.3 Å². The van der Waals surface area contributed by atoms with Crippen LogP contribution in [-0.4, -0.2) is 42.8 Å². The summed E-state index contributed by atoms with van der Waals surface area (Å²) in [6.07, 6.45) is 4.89. The summed E-state index contributed by atoms with van der Waals surface area (Å²) in [5, 5.41) is 3.65. The minimum absolute atomic E-state index is 0.481. The zero-order chi connectivity index (χ0) is 12.7. The molecule has 3 saturated heterocycles. The monoisotopic (exact) mass is 258 g/mol. The van der Waals surface area contributed by atoms with Crippen LogP contribution in [0.1, 0.15) is 30.9 Å². The molecular formula is C16H22N2O. The second kappa shape index (κ2) is 4.89. The Morgan fingerprint density at radius 3 is 2.79 bits per heavy atom. The molecule has 0 aromatic heterocycles. The largest absolute Gasteiger partial charge is 0.373 e. The third-order valence-electron chi connectivity index (χ3n) is 4.95. The van der Waals surface area contributed by atoms with Gasteiger partial charge in [0.15, 0.2) is 0 Å². The summed E-state index contributed by atoms with van der Waals surface area (Å²) in [6.45, 7) is 3.38. The number of nitrogens with one attached hydrogen (secondary N) is 1. The van der Waals surface area contributed by atoms with Crippen molar-refractivity contribution in [1.82, 2.24) is 10.2 Å². The highest BCUT2D eigenvalue weighted by Crippen LogP contribution is 2.38. The summed E-state index contributed by atoms with van der Waals surface area (Å²) in [4.78, 5) is 2.66. The highest BCUT2D eigenvalue weighted by molar-refractivity contribution is 5.20. The standard InChI is InChI=1S/C16H22N2O/c1-2-4-12(5-3-1)14-11-18(9-8-17-14)15-10-13-6-7-16(15)19-13/h1-5,13-17H,6-11H2. The number of hydrogen-bond donors (Lipinski definition) is 1. The van der Waals surface area contributed by atoms with Gasteiger partial charge in [0.2, 0.25) is 0 Å². The molecule has 3 heteroatoms. The van der Waals surface area contributed by atoms with E-state index in [1.807, 2.05) is 0 Å². The van der Waals surface area contributed by atoms with E-state index in [4.69, 9.17) is 4.74 Å². The fraction of sp³-hybridized carbons (Fsp3) is 0.625. The number of fused-ring (bicyclic) bond motifs is 2. The average molecular weight is 258 g/mol. The molecule has 0 amide bonds. The minimum Gasteiger partial charge on any atom is -0.373 e. The van der Waals surface area contributed by atoms with Crippen LogP contribution in [0.4, 0.5) is 0 Å². The smallest absolute Gasteiger partial charge is 0.0735 e. The molecule has 1 aromatic rings. The number of benzene rings is 1. The molecule has 3 nitrogen and oxygen atoms in total. The van der Waals surface area contributed by atoms with Crippen LogP contribution in [0.15, 0.2) is 30.3 Å². The van der Waals surface area contributed by atoms with Crippen LogP contribution in [0.25, 0.3) is 0 Å². The number of hydrogen-bond acceptors (Lipinski definition) is 3. The molecule has 0 aliphatic carbocycles. The maximum absolute atomic E-state index is 6.02. The Labute approximate surface area is 114 Å². The van der Waals surface area contributed by atoms with Crippen LogP contribution >= 0.6 is 0 Å². The van der Waals surface area contributed by atoms with E-state index in [9.17, 15) is 0 Å². The van der Waals surface area contributed by atoms with Crippen LogP contribution in [0.5, 0.6) is 0 Å². The lowest BCUT2D eigenvalue weighted by atomic mass is 9.92. The summed E-state index contributed by atoms with van der Waals surface area (Å²) in [5.41, 5.74) is 1.41. The second-order valence-electron chi connectivity index (χ2n) is 6.09. The molecule has 4 rings (SSSR count). The normalized spacial score (nSPS) is 38.7. The van der Waals surface area contributed by atoms with E-state index in [0.29, 0.717) is 24.3 Å². The predicted molar refractivity (Wildman–Crippen MR) is 75.1 cm³/mol. The van der Waals surface area contributed by atoms with Gasteiger partial charge in [-0.2, -0.15) is 0 Å². The van der Waals surface area contributed by atoms with Crippen LogP contribution < -0.4 is 5.32 Å². The van der Waals surface area contributed by atoms with Gasteiger partial charge in [0, 0.05) is 31.7 Å². The highest BCUT2D eigenvalue weighted by Gasteiger charge is 2.44. The van der Waals surface area contributed by atoms with Gasteiger partial charge in [0.05, 0.1) is 12.2 Å². The van der Waals surface area contributed by atoms with E-state index < -0.39 is 0 Å². The van der Waals surface area contributed by atoms with Crippen LogP contribution in [0, 0.1) is 0 Å².